The Balaban J connectivity index is 1.60. The molecule has 1 saturated carbocycles. The largest absolute Gasteiger partial charge is 0.463 e. The Bertz CT molecular complexity index is 1060. The zero-order valence-corrected chi connectivity index (χ0v) is 20.1. The number of furan rings is 1. The fourth-order valence-corrected chi connectivity index (χ4v) is 5.06. The maximum atomic E-state index is 11.7. The fraction of sp³-hybridized carbons (Fsp3) is 0.480. The molecule has 1 aromatic carbocycles. The van der Waals surface area contributed by atoms with Gasteiger partial charge in [-0.25, -0.2) is 4.79 Å². The Hall–Kier alpha value is -2.54. The van der Waals surface area contributed by atoms with Crippen molar-refractivity contribution in [3.8, 4) is 11.4 Å². The molecule has 2 heterocycles. The van der Waals surface area contributed by atoms with Crippen LogP contribution < -0.4 is 0 Å². The molecule has 2 aromatic heterocycles. The minimum absolute atomic E-state index is 0.114. The summed E-state index contributed by atoms with van der Waals surface area (Å²) in [6.45, 7) is 6.67. The van der Waals surface area contributed by atoms with E-state index in [9.17, 15) is 4.79 Å². The first kappa shape index (κ1) is 22.6. The van der Waals surface area contributed by atoms with E-state index >= 15 is 0 Å². The summed E-state index contributed by atoms with van der Waals surface area (Å²) in [5.74, 6) is 1.97. The third-order valence-electron chi connectivity index (χ3n) is 6.01. The van der Waals surface area contributed by atoms with Crippen LogP contribution in [0.2, 0.25) is 0 Å². The number of thioether (sulfide) groups is 1. The molecule has 6 nitrogen and oxygen atoms in total. The lowest BCUT2D eigenvalue weighted by Crippen LogP contribution is -2.15. The van der Waals surface area contributed by atoms with Crippen LogP contribution in [0.15, 0.2) is 46.0 Å². The molecule has 0 radical (unpaired) electrons. The maximum absolute atomic E-state index is 11.7. The van der Waals surface area contributed by atoms with Gasteiger partial charge in [-0.2, -0.15) is 0 Å². The first-order valence-electron chi connectivity index (χ1n) is 11.2. The number of benzene rings is 1. The number of hydrogen-bond acceptors (Lipinski definition) is 6. The molecular weight excluding hydrogens is 422 g/mol. The highest BCUT2D eigenvalue weighted by Gasteiger charge is 2.25. The van der Waals surface area contributed by atoms with Gasteiger partial charge in [-0.15, -0.1) is 10.2 Å². The summed E-state index contributed by atoms with van der Waals surface area (Å²) in [5, 5.41) is 10.0. The van der Waals surface area contributed by atoms with Gasteiger partial charge in [0.2, 0.25) is 5.76 Å². The van der Waals surface area contributed by atoms with Gasteiger partial charge in [0.15, 0.2) is 11.0 Å². The molecule has 1 fully saturated rings. The van der Waals surface area contributed by atoms with Crippen LogP contribution >= 0.6 is 11.8 Å². The highest BCUT2D eigenvalue weighted by atomic mass is 32.2. The molecule has 0 saturated heterocycles. The first-order chi connectivity index (χ1) is 15.4. The summed E-state index contributed by atoms with van der Waals surface area (Å²) < 4.78 is 12.7. The average molecular weight is 454 g/mol. The highest BCUT2D eigenvalue weighted by molar-refractivity contribution is 7.98. The van der Waals surface area contributed by atoms with Crippen LogP contribution in [0.1, 0.15) is 80.8 Å². The van der Waals surface area contributed by atoms with Crippen LogP contribution in [0.3, 0.4) is 0 Å². The predicted octanol–water partition coefficient (Wildman–Crippen LogP) is 6.42. The molecule has 0 aliphatic heterocycles. The number of esters is 1. The van der Waals surface area contributed by atoms with Crippen molar-refractivity contribution in [1.82, 2.24) is 14.8 Å². The van der Waals surface area contributed by atoms with Gasteiger partial charge >= 0.3 is 5.97 Å². The number of carbonyl (C=O) groups is 1. The quantitative estimate of drug-likeness (QED) is 0.317. The third-order valence-corrected chi connectivity index (χ3v) is 6.97. The molecule has 1 aliphatic carbocycles. The van der Waals surface area contributed by atoms with Crippen LogP contribution in [-0.2, 0) is 15.9 Å². The van der Waals surface area contributed by atoms with Gasteiger partial charge in [0.25, 0.3) is 0 Å². The van der Waals surface area contributed by atoms with E-state index in [1.54, 1.807) is 17.8 Å². The van der Waals surface area contributed by atoms with Crippen molar-refractivity contribution in [1.29, 1.82) is 0 Å². The van der Waals surface area contributed by atoms with E-state index in [0.717, 1.165) is 29.4 Å². The van der Waals surface area contributed by atoms with Crippen LogP contribution in [0.4, 0.5) is 0 Å². The number of ether oxygens (including phenoxy) is 1. The molecule has 4 rings (SSSR count). The third kappa shape index (κ3) is 4.93. The number of nitrogens with zero attached hydrogens (tertiary/aromatic N) is 3. The van der Waals surface area contributed by atoms with E-state index < -0.39 is 5.97 Å². The predicted molar refractivity (Wildman–Crippen MR) is 126 cm³/mol. The monoisotopic (exact) mass is 453 g/mol. The second-order valence-electron chi connectivity index (χ2n) is 9.34. The topological polar surface area (TPSA) is 70.2 Å². The highest BCUT2D eigenvalue weighted by Crippen LogP contribution is 2.37. The maximum Gasteiger partial charge on any atom is 0.373 e. The standard InChI is InChI=1S/C25H31N3O3S/c1-25(2,3)18-12-10-17(11-13-18)22-26-27-24(28(22)19-8-6-5-7-9-19)32-16-20-14-15-21(31-20)23(29)30-4/h10-15,19H,5-9,16H2,1-4H3. The summed E-state index contributed by atoms with van der Waals surface area (Å²) in [5.41, 5.74) is 2.51. The fourth-order valence-electron chi connectivity index (χ4n) is 4.16. The van der Waals surface area contributed by atoms with Crippen molar-refractivity contribution in [3.63, 3.8) is 0 Å². The van der Waals surface area contributed by atoms with Crippen molar-refractivity contribution in [2.24, 2.45) is 0 Å². The van der Waals surface area contributed by atoms with Crippen LogP contribution in [0, 0.1) is 0 Å². The van der Waals surface area contributed by atoms with Crippen LogP contribution in [0.5, 0.6) is 0 Å². The lowest BCUT2D eigenvalue weighted by atomic mass is 9.86. The van der Waals surface area contributed by atoms with Crippen molar-refractivity contribution >= 4 is 17.7 Å². The van der Waals surface area contributed by atoms with Crippen molar-refractivity contribution < 1.29 is 13.9 Å². The number of rotatable bonds is 6. The molecule has 32 heavy (non-hydrogen) atoms. The van der Waals surface area contributed by atoms with Crippen molar-refractivity contribution in [3.05, 3.63) is 53.5 Å². The average Bonchev–Trinajstić information content (AvgIpc) is 3.44. The van der Waals surface area contributed by atoms with E-state index in [2.05, 4.69) is 59.8 Å². The Morgan fingerprint density at radius 2 is 1.81 bits per heavy atom. The van der Waals surface area contributed by atoms with E-state index in [1.807, 2.05) is 6.07 Å². The van der Waals surface area contributed by atoms with E-state index in [1.165, 1.54) is 31.9 Å². The number of aromatic nitrogens is 3. The smallest absolute Gasteiger partial charge is 0.373 e. The second kappa shape index (κ2) is 9.53. The van der Waals surface area contributed by atoms with Crippen LogP contribution in [-0.4, -0.2) is 27.8 Å². The molecule has 0 bridgehead atoms. The molecule has 1 aliphatic rings. The normalized spacial score (nSPS) is 15.1. The van der Waals surface area contributed by atoms with Gasteiger partial charge < -0.3 is 9.15 Å². The lowest BCUT2D eigenvalue weighted by molar-refractivity contribution is 0.0563. The summed E-state index contributed by atoms with van der Waals surface area (Å²) in [6.07, 6.45) is 6.04. The number of hydrogen-bond donors (Lipinski definition) is 0. The number of carbonyl (C=O) groups excluding carboxylic acids is 1. The van der Waals surface area contributed by atoms with Gasteiger partial charge in [-0.3, -0.25) is 4.57 Å². The molecule has 0 N–H and O–H groups in total. The zero-order valence-electron chi connectivity index (χ0n) is 19.3. The van der Waals surface area contributed by atoms with Gasteiger partial charge in [-0.1, -0.05) is 76.1 Å². The minimum Gasteiger partial charge on any atom is -0.463 e. The van der Waals surface area contributed by atoms with E-state index in [0.29, 0.717) is 17.6 Å². The summed E-state index contributed by atoms with van der Waals surface area (Å²) >= 11 is 1.59. The Labute approximate surface area is 193 Å². The van der Waals surface area contributed by atoms with Gasteiger partial charge in [0.1, 0.15) is 5.76 Å². The van der Waals surface area contributed by atoms with Gasteiger partial charge in [-0.05, 0) is 36.0 Å². The molecule has 0 unspecified atom stereocenters. The Morgan fingerprint density at radius 3 is 2.47 bits per heavy atom. The molecule has 0 atom stereocenters. The lowest BCUT2D eigenvalue weighted by Gasteiger charge is -2.26. The molecule has 3 aromatic rings. The molecule has 0 spiro atoms. The van der Waals surface area contributed by atoms with Gasteiger partial charge in [0, 0.05) is 11.6 Å². The van der Waals surface area contributed by atoms with E-state index in [-0.39, 0.29) is 11.2 Å². The Kier molecular flexibility index (Phi) is 6.74. The number of methoxy groups -OCH3 is 1. The summed E-state index contributed by atoms with van der Waals surface area (Å²) in [4.78, 5) is 11.7. The molecule has 170 valence electrons. The first-order valence-corrected chi connectivity index (χ1v) is 12.2. The second-order valence-corrected chi connectivity index (χ2v) is 10.3. The minimum atomic E-state index is -0.465. The molecular formula is C25H31N3O3S. The summed E-state index contributed by atoms with van der Waals surface area (Å²) in [6, 6.07) is 12.6. The Morgan fingerprint density at radius 1 is 1.09 bits per heavy atom. The van der Waals surface area contributed by atoms with Crippen LogP contribution in [0.25, 0.3) is 11.4 Å². The molecule has 0 amide bonds. The zero-order chi connectivity index (χ0) is 22.7. The summed E-state index contributed by atoms with van der Waals surface area (Å²) in [7, 11) is 1.35. The van der Waals surface area contributed by atoms with Crippen molar-refractivity contribution in [2.75, 3.05) is 7.11 Å². The SMILES string of the molecule is COC(=O)c1ccc(CSc2nnc(-c3ccc(C(C)(C)C)cc3)n2C2CCCCC2)o1. The van der Waals surface area contributed by atoms with E-state index in [4.69, 9.17) is 9.15 Å². The molecule has 7 heteroatoms. The van der Waals surface area contributed by atoms with Gasteiger partial charge in [0.05, 0.1) is 12.9 Å². The van der Waals surface area contributed by atoms with Crippen molar-refractivity contribution in [2.45, 2.75) is 75.2 Å².